The van der Waals surface area contributed by atoms with E-state index in [-0.39, 0.29) is 11.5 Å². The maximum atomic E-state index is 12.3. The Labute approximate surface area is 171 Å². The fourth-order valence-electron chi connectivity index (χ4n) is 2.81. The van der Waals surface area contributed by atoms with E-state index in [2.05, 4.69) is 41.4 Å². The molecule has 0 radical (unpaired) electrons. The maximum absolute atomic E-state index is 12.3. The van der Waals surface area contributed by atoms with Gasteiger partial charge in [0.2, 0.25) is 5.95 Å². The number of para-hydroxylation sites is 1. The van der Waals surface area contributed by atoms with Crippen molar-refractivity contribution in [3.8, 4) is 11.3 Å². The molecular weight excluding hydrogens is 364 g/mol. The average Bonchev–Trinajstić information content (AvgIpc) is 2.68. The molecule has 0 atom stereocenters. The number of esters is 1. The first-order valence-electron chi connectivity index (χ1n) is 9.61. The van der Waals surface area contributed by atoms with Gasteiger partial charge >= 0.3 is 5.97 Å². The van der Waals surface area contributed by atoms with Crippen LogP contribution in [0.15, 0.2) is 60.7 Å². The minimum Gasteiger partial charge on any atom is -0.462 e. The maximum Gasteiger partial charge on any atom is 0.340 e. The Kier molecular flexibility index (Phi) is 6.12. The topological polar surface area (TPSA) is 76.1 Å². The van der Waals surface area contributed by atoms with Gasteiger partial charge < -0.3 is 15.4 Å². The normalized spacial score (nSPS) is 11.0. The molecule has 0 amide bonds. The van der Waals surface area contributed by atoms with Crippen molar-refractivity contribution in [2.45, 2.75) is 33.2 Å². The highest BCUT2D eigenvalue weighted by atomic mass is 16.5. The summed E-state index contributed by atoms with van der Waals surface area (Å²) in [5, 5.41) is 6.58. The number of carbonyl (C=O) groups is 1. The SMILES string of the molecule is CCOC(=O)c1ccccc1Nc1nc(NC(C)(C)C)cc(-c2ccccc2)n1. The zero-order valence-corrected chi connectivity index (χ0v) is 17.2. The van der Waals surface area contributed by atoms with Crippen molar-refractivity contribution in [3.63, 3.8) is 0 Å². The molecule has 1 heterocycles. The summed E-state index contributed by atoms with van der Waals surface area (Å²) in [5.74, 6) is 0.708. The summed E-state index contributed by atoms with van der Waals surface area (Å²) in [5.41, 5.74) is 2.63. The second kappa shape index (κ2) is 8.73. The molecule has 150 valence electrons. The zero-order chi connectivity index (χ0) is 20.9. The van der Waals surface area contributed by atoms with Gasteiger partial charge in [0.15, 0.2) is 0 Å². The molecule has 6 nitrogen and oxygen atoms in total. The Balaban J connectivity index is 2.01. The van der Waals surface area contributed by atoms with Crippen molar-refractivity contribution in [1.82, 2.24) is 9.97 Å². The van der Waals surface area contributed by atoms with E-state index in [1.54, 1.807) is 19.1 Å². The fourth-order valence-corrected chi connectivity index (χ4v) is 2.81. The molecule has 0 unspecified atom stereocenters. The lowest BCUT2D eigenvalue weighted by Crippen LogP contribution is -2.27. The van der Waals surface area contributed by atoms with Crippen molar-refractivity contribution in [1.29, 1.82) is 0 Å². The molecule has 0 bridgehead atoms. The third-order valence-electron chi connectivity index (χ3n) is 3.97. The van der Waals surface area contributed by atoms with E-state index in [0.717, 1.165) is 11.3 Å². The number of anilines is 3. The smallest absolute Gasteiger partial charge is 0.340 e. The van der Waals surface area contributed by atoms with Crippen LogP contribution in [0.5, 0.6) is 0 Å². The summed E-state index contributed by atoms with van der Waals surface area (Å²) in [7, 11) is 0. The van der Waals surface area contributed by atoms with E-state index in [9.17, 15) is 4.79 Å². The predicted octanol–water partition coefficient (Wildman–Crippen LogP) is 5.27. The van der Waals surface area contributed by atoms with Crippen LogP contribution in [0.3, 0.4) is 0 Å². The summed E-state index contributed by atoms with van der Waals surface area (Å²) < 4.78 is 5.16. The second-order valence-electron chi connectivity index (χ2n) is 7.59. The monoisotopic (exact) mass is 390 g/mol. The molecule has 1 aromatic heterocycles. The number of hydrogen-bond donors (Lipinski definition) is 2. The van der Waals surface area contributed by atoms with Crippen LogP contribution in [0.2, 0.25) is 0 Å². The molecule has 0 aliphatic carbocycles. The Morgan fingerprint density at radius 3 is 2.38 bits per heavy atom. The molecule has 2 aromatic carbocycles. The second-order valence-corrected chi connectivity index (χ2v) is 7.59. The zero-order valence-electron chi connectivity index (χ0n) is 17.2. The van der Waals surface area contributed by atoms with Gasteiger partial charge in [0, 0.05) is 17.2 Å². The van der Waals surface area contributed by atoms with Crippen molar-refractivity contribution in [3.05, 3.63) is 66.2 Å². The summed E-state index contributed by atoms with van der Waals surface area (Å²) in [6.07, 6.45) is 0. The van der Waals surface area contributed by atoms with Crippen LogP contribution in [-0.2, 0) is 4.74 Å². The number of rotatable bonds is 6. The highest BCUT2D eigenvalue weighted by Crippen LogP contribution is 2.26. The molecule has 3 rings (SSSR count). The summed E-state index contributed by atoms with van der Waals surface area (Å²) >= 11 is 0. The minimum atomic E-state index is -0.386. The highest BCUT2D eigenvalue weighted by molar-refractivity contribution is 5.96. The van der Waals surface area contributed by atoms with Gasteiger partial charge in [-0.3, -0.25) is 0 Å². The van der Waals surface area contributed by atoms with Gasteiger partial charge in [-0.25, -0.2) is 9.78 Å². The first kappa shape index (κ1) is 20.3. The number of hydrogen-bond acceptors (Lipinski definition) is 6. The summed E-state index contributed by atoms with van der Waals surface area (Å²) in [4.78, 5) is 21.5. The van der Waals surface area contributed by atoms with E-state index in [1.165, 1.54) is 0 Å². The van der Waals surface area contributed by atoms with E-state index < -0.39 is 0 Å². The highest BCUT2D eigenvalue weighted by Gasteiger charge is 2.16. The van der Waals surface area contributed by atoms with Gasteiger partial charge in [0.25, 0.3) is 0 Å². The van der Waals surface area contributed by atoms with Crippen LogP contribution < -0.4 is 10.6 Å². The third kappa shape index (κ3) is 5.54. The van der Waals surface area contributed by atoms with E-state index in [4.69, 9.17) is 4.74 Å². The van der Waals surface area contributed by atoms with Crippen molar-refractivity contribution in [2.75, 3.05) is 17.2 Å². The Morgan fingerprint density at radius 2 is 1.69 bits per heavy atom. The largest absolute Gasteiger partial charge is 0.462 e. The molecule has 0 fully saturated rings. The van der Waals surface area contributed by atoms with Crippen LogP contribution in [-0.4, -0.2) is 28.1 Å². The Bertz CT molecular complexity index is 982. The summed E-state index contributed by atoms with van der Waals surface area (Å²) in [6.45, 7) is 8.30. The molecule has 3 aromatic rings. The van der Waals surface area contributed by atoms with E-state index in [1.807, 2.05) is 48.5 Å². The Hall–Kier alpha value is -3.41. The minimum absolute atomic E-state index is 0.164. The fraction of sp³-hybridized carbons (Fsp3) is 0.261. The lowest BCUT2D eigenvalue weighted by Gasteiger charge is -2.22. The van der Waals surface area contributed by atoms with Crippen molar-refractivity contribution >= 4 is 23.4 Å². The average molecular weight is 390 g/mol. The van der Waals surface area contributed by atoms with E-state index >= 15 is 0 Å². The lowest BCUT2D eigenvalue weighted by molar-refractivity contribution is 0.0527. The van der Waals surface area contributed by atoms with Gasteiger partial charge in [-0.2, -0.15) is 4.98 Å². The van der Waals surface area contributed by atoms with Crippen LogP contribution in [0.4, 0.5) is 17.5 Å². The standard InChI is InChI=1S/C23H26N4O2/c1-5-29-21(28)17-13-9-10-14-18(17)24-22-25-19(16-11-7-6-8-12-16)15-20(26-22)27-23(2,3)4/h6-15H,5H2,1-4H3,(H2,24,25,26,27). The third-order valence-corrected chi connectivity index (χ3v) is 3.97. The summed E-state index contributed by atoms with van der Waals surface area (Å²) in [6, 6.07) is 19.0. The number of nitrogens with zero attached hydrogens (tertiary/aromatic N) is 2. The number of benzene rings is 2. The first-order chi connectivity index (χ1) is 13.9. The lowest BCUT2D eigenvalue weighted by atomic mass is 10.1. The van der Waals surface area contributed by atoms with Crippen LogP contribution in [0.25, 0.3) is 11.3 Å². The predicted molar refractivity (Wildman–Crippen MR) is 117 cm³/mol. The van der Waals surface area contributed by atoms with Gasteiger partial charge in [-0.15, -0.1) is 0 Å². The first-order valence-corrected chi connectivity index (χ1v) is 9.61. The number of ether oxygens (including phenoxy) is 1. The van der Waals surface area contributed by atoms with Gasteiger partial charge in [-0.1, -0.05) is 42.5 Å². The molecule has 0 saturated heterocycles. The Morgan fingerprint density at radius 1 is 1.00 bits per heavy atom. The molecule has 0 saturated carbocycles. The molecular formula is C23H26N4O2. The molecule has 0 aliphatic heterocycles. The molecule has 2 N–H and O–H groups in total. The number of aromatic nitrogens is 2. The van der Waals surface area contributed by atoms with Gasteiger partial charge in [0.05, 0.1) is 23.6 Å². The van der Waals surface area contributed by atoms with Crippen molar-refractivity contribution in [2.24, 2.45) is 0 Å². The van der Waals surface area contributed by atoms with Crippen molar-refractivity contribution < 1.29 is 9.53 Å². The van der Waals surface area contributed by atoms with Crippen LogP contribution in [0, 0.1) is 0 Å². The number of nitrogens with one attached hydrogen (secondary N) is 2. The number of carbonyl (C=O) groups excluding carboxylic acids is 1. The van der Waals surface area contributed by atoms with Crippen LogP contribution >= 0.6 is 0 Å². The molecule has 29 heavy (non-hydrogen) atoms. The molecule has 0 aliphatic rings. The van der Waals surface area contributed by atoms with E-state index in [0.29, 0.717) is 29.6 Å². The molecule has 0 spiro atoms. The molecule has 6 heteroatoms. The van der Waals surface area contributed by atoms with Gasteiger partial charge in [-0.05, 0) is 39.8 Å². The quantitative estimate of drug-likeness (QED) is 0.558. The van der Waals surface area contributed by atoms with Gasteiger partial charge in [0.1, 0.15) is 5.82 Å². The van der Waals surface area contributed by atoms with Crippen LogP contribution in [0.1, 0.15) is 38.1 Å².